The molecule has 1 aromatic rings. The zero-order valence-electron chi connectivity index (χ0n) is 6.85. The number of carboxylic acid groups (broad SMARTS) is 1. The third-order valence-corrected chi connectivity index (χ3v) is 1.52. The lowest BCUT2D eigenvalue weighted by Crippen LogP contribution is -2.20. The van der Waals surface area contributed by atoms with Gasteiger partial charge in [0.15, 0.2) is 11.6 Å². The molecular weight excluding hydrogens is 199 g/mol. The molecule has 2 N–H and O–H groups in total. The standard InChI is InChI=1S/C8H6F3NO2/c9-5-2-7(11)6(10)1-4(5)3-12-8(13)14/h1-2,12H,3H2,(H,13,14). The second-order valence-electron chi connectivity index (χ2n) is 2.52. The molecule has 0 aliphatic rings. The fourth-order valence-electron chi connectivity index (χ4n) is 0.870. The quantitative estimate of drug-likeness (QED) is 0.724. The van der Waals surface area contributed by atoms with Crippen LogP contribution in [0.4, 0.5) is 18.0 Å². The Morgan fingerprint density at radius 3 is 2.36 bits per heavy atom. The van der Waals surface area contributed by atoms with Crippen LogP contribution >= 0.6 is 0 Å². The molecule has 0 radical (unpaired) electrons. The third kappa shape index (κ3) is 2.38. The summed E-state index contributed by atoms with van der Waals surface area (Å²) in [5.41, 5.74) is -0.244. The Hall–Kier alpha value is -1.72. The Morgan fingerprint density at radius 2 is 1.79 bits per heavy atom. The Bertz CT molecular complexity index is 368. The van der Waals surface area contributed by atoms with Crippen molar-refractivity contribution in [3.63, 3.8) is 0 Å². The van der Waals surface area contributed by atoms with Crippen LogP contribution in [0.15, 0.2) is 12.1 Å². The zero-order chi connectivity index (χ0) is 10.7. The molecule has 0 fully saturated rings. The first-order valence-electron chi connectivity index (χ1n) is 3.61. The number of carbonyl (C=O) groups is 1. The summed E-state index contributed by atoms with van der Waals surface area (Å²) in [5, 5.41) is 10.0. The van der Waals surface area contributed by atoms with E-state index in [1.165, 1.54) is 0 Å². The minimum absolute atomic E-state index is 0.244. The summed E-state index contributed by atoms with van der Waals surface area (Å²) < 4.78 is 37.8. The number of hydrogen-bond acceptors (Lipinski definition) is 1. The van der Waals surface area contributed by atoms with Crippen molar-refractivity contribution in [1.29, 1.82) is 0 Å². The van der Waals surface area contributed by atoms with Crippen molar-refractivity contribution in [1.82, 2.24) is 5.32 Å². The largest absolute Gasteiger partial charge is 0.465 e. The van der Waals surface area contributed by atoms with Gasteiger partial charge < -0.3 is 10.4 Å². The van der Waals surface area contributed by atoms with Crippen LogP contribution in [0.25, 0.3) is 0 Å². The van der Waals surface area contributed by atoms with Crippen LogP contribution in [-0.2, 0) is 6.54 Å². The third-order valence-electron chi connectivity index (χ3n) is 1.52. The predicted molar refractivity (Wildman–Crippen MR) is 41.2 cm³/mol. The van der Waals surface area contributed by atoms with Gasteiger partial charge in [-0.2, -0.15) is 0 Å². The van der Waals surface area contributed by atoms with Crippen molar-refractivity contribution in [2.75, 3.05) is 0 Å². The Kier molecular flexibility index (Phi) is 2.95. The molecular formula is C8H6F3NO2. The molecule has 0 spiro atoms. The van der Waals surface area contributed by atoms with E-state index in [2.05, 4.69) is 0 Å². The minimum Gasteiger partial charge on any atom is -0.465 e. The number of rotatable bonds is 2. The first kappa shape index (κ1) is 10.4. The number of amides is 1. The van der Waals surface area contributed by atoms with Gasteiger partial charge in [0.2, 0.25) is 0 Å². The summed E-state index contributed by atoms with van der Waals surface area (Å²) in [6.45, 7) is -0.404. The van der Waals surface area contributed by atoms with Crippen LogP contribution in [-0.4, -0.2) is 11.2 Å². The van der Waals surface area contributed by atoms with Crippen LogP contribution < -0.4 is 5.32 Å². The predicted octanol–water partition coefficient (Wildman–Crippen LogP) is 1.87. The van der Waals surface area contributed by atoms with E-state index in [0.717, 1.165) is 0 Å². The molecule has 3 nitrogen and oxygen atoms in total. The highest BCUT2D eigenvalue weighted by atomic mass is 19.2. The van der Waals surface area contributed by atoms with Gasteiger partial charge in [0, 0.05) is 18.2 Å². The molecule has 0 heterocycles. The smallest absolute Gasteiger partial charge is 0.404 e. The molecule has 0 atom stereocenters. The lowest BCUT2D eigenvalue weighted by Gasteiger charge is -2.03. The molecule has 76 valence electrons. The van der Waals surface area contributed by atoms with Gasteiger partial charge in [-0.1, -0.05) is 0 Å². The highest BCUT2D eigenvalue weighted by Gasteiger charge is 2.09. The lowest BCUT2D eigenvalue weighted by atomic mass is 10.2. The van der Waals surface area contributed by atoms with Gasteiger partial charge in [-0.25, -0.2) is 18.0 Å². The van der Waals surface area contributed by atoms with Crippen LogP contribution in [0, 0.1) is 17.5 Å². The normalized spacial score (nSPS) is 9.93. The highest BCUT2D eigenvalue weighted by molar-refractivity contribution is 5.64. The average Bonchev–Trinajstić information content (AvgIpc) is 2.09. The molecule has 1 aromatic carbocycles. The maximum Gasteiger partial charge on any atom is 0.404 e. The molecule has 0 aliphatic carbocycles. The average molecular weight is 205 g/mol. The first-order chi connectivity index (χ1) is 6.50. The maximum atomic E-state index is 12.8. The van der Waals surface area contributed by atoms with Crippen molar-refractivity contribution >= 4 is 6.09 Å². The number of nitrogens with one attached hydrogen (secondary N) is 1. The highest BCUT2D eigenvalue weighted by Crippen LogP contribution is 2.13. The van der Waals surface area contributed by atoms with Gasteiger partial charge in [0.05, 0.1) is 0 Å². The summed E-state index contributed by atoms with van der Waals surface area (Å²) in [6, 6.07) is 0.981. The van der Waals surface area contributed by atoms with Crippen molar-refractivity contribution in [3.05, 3.63) is 35.1 Å². The Morgan fingerprint density at radius 1 is 1.21 bits per heavy atom. The Balaban J connectivity index is 2.87. The van der Waals surface area contributed by atoms with Gasteiger partial charge in [-0.05, 0) is 6.07 Å². The SMILES string of the molecule is O=C(O)NCc1cc(F)c(F)cc1F. The summed E-state index contributed by atoms with van der Waals surface area (Å²) in [4.78, 5) is 10.0. The topological polar surface area (TPSA) is 49.3 Å². The molecule has 0 aliphatic heterocycles. The van der Waals surface area contributed by atoms with E-state index in [9.17, 15) is 18.0 Å². The van der Waals surface area contributed by atoms with Crippen LogP contribution in [0.3, 0.4) is 0 Å². The van der Waals surface area contributed by atoms with Crippen LogP contribution in [0.5, 0.6) is 0 Å². The Labute approximate surface area is 77.2 Å². The maximum absolute atomic E-state index is 12.8. The molecule has 0 saturated heterocycles. The number of halogens is 3. The summed E-state index contributed by atoms with van der Waals surface area (Å²) in [5.74, 6) is -3.51. The van der Waals surface area contributed by atoms with E-state index in [0.29, 0.717) is 12.1 Å². The molecule has 6 heteroatoms. The molecule has 14 heavy (non-hydrogen) atoms. The zero-order valence-corrected chi connectivity index (χ0v) is 6.85. The van der Waals surface area contributed by atoms with Crippen molar-refractivity contribution < 1.29 is 23.1 Å². The molecule has 1 amide bonds. The summed E-state index contributed by atoms with van der Waals surface area (Å²) >= 11 is 0. The van der Waals surface area contributed by atoms with E-state index in [-0.39, 0.29) is 5.56 Å². The van der Waals surface area contributed by atoms with Gasteiger partial charge in [0.1, 0.15) is 5.82 Å². The first-order valence-corrected chi connectivity index (χ1v) is 3.61. The molecule has 0 aromatic heterocycles. The molecule has 0 saturated carbocycles. The number of hydrogen-bond donors (Lipinski definition) is 2. The van der Waals surface area contributed by atoms with Gasteiger partial charge >= 0.3 is 6.09 Å². The van der Waals surface area contributed by atoms with E-state index < -0.39 is 30.1 Å². The summed E-state index contributed by atoms with van der Waals surface area (Å²) in [7, 11) is 0. The van der Waals surface area contributed by atoms with Crippen molar-refractivity contribution in [2.24, 2.45) is 0 Å². The van der Waals surface area contributed by atoms with Crippen molar-refractivity contribution in [2.45, 2.75) is 6.54 Å². The van der Waals surface area contributed by atoms with E-state index >= 15 is 0 Å². The van der Waals surface area contributed by atoms with Crippen LogP contribution in [0.1, 0.15) is 5.56 Å². The minimum atomic E-state index is -1.37. The lowest BCUT2D eigenvalue weighted by molar-refractivity contribution is 0.194. The van der Waals surface area contributed by atoms with E-state index in [1.54, 1.807) is 0 Å². The molecule has 1 rings (SSSR count). The monoisotopic (exact) mass is 205 g/mol. The van der Waals surface area contributed by atoms with Gasteiger partial charge in [0.25, 0.3) is 0 Å². The van der Waals surface area contributed by atoms with E-state index in [4.69, 9.17) is 5.11 Å². The second-order valence-corrected chi connectivity index (χ2v) is 2.52. The number of benzene rings is 1. The molecule has 0 unspecified atom stereocenters. The van der Waals surface area contributed by atoms with Gasteiger partial charge in [-0.15, -0.1) is 0 Å². The second kappa shape index (κ2) is 3.99. The van der Waals surface area contributed by atoms with E-state index in [1.807, 2.05) is 5.32 Å². The van der Waals surface area contributed by atoms with Crippen LogP contribution in [0.2, 0.25) is 0 Å². The summed E-state index contributed by atoms with van der Waals surface area (Å²) in [6.07, 6.45) is -1.37. The van der Waals surface area contributed by atoms with Gasteiger partial charge in [-0.3, -0.25) is 0 Å². The fourth-order valence-corrected chi connectivity index (χ4v) is 0.870. The van der Waals surface area contributed by atoms with Crippen molar-refractivity contribution in [3.8, 4) is 0 Å². The molecule has 0 bridgehead atoms. The fraction of sp³-hybridized carbons (Fsp3) is 0.125.